The molecule has 1 N–H and O–H groups in total. The van der Waals surface area contributed by atoms with Crippen LogP contribution in [0, 0.1) is 11.2 Å². The Bertz CT molecular complexity index is 639. The van der Waals surface area contributed by atoms with Gasteiger partial charge in [0.05, 0.1) is 17.3 Å². The molecule has 2 aromatic rings. The first-order valence-electron chi connectivity index (χ1n) is 5.56. The van der Waals surface area contributed by atoms with Crippen LogP contribution in [0.2, 0.25) is 5.02 Å². The molecule has 3 rings (SSSR count). The van der Waals surface area contributed by atoms with E-state index in [2.05, 4.69) is 0 Å². The molecule has 0 radical (unpaired) electrons. The number of nitrogens with zero attached hydrogens (tertiary/aromatic N) is 1. The summed E-state index contributed by atoms with van der Waals surface area (Å²) in [6.45, 7) is 0.554. The van der Waals surface area contributed by atoms with E-state index in [9.17, 15) is 4.39 Å². The molecule has 0 spiro atoms. The number of hydrogen-bond donors (Lipinski definition) is 1. The normalized spacial score (nSPS) is 13.9. The van der Waals surface area contributed by atoms with Crippen LogP contribution in [0.5, 0.6) is 0 Å². The number of rotatable bonds is 1. The van der Waals surface area contributed by atoms with Gasteiger partial charge in [0.25, 0.3) is 0 Å². The van der Waals surface area contributed by atoms with Gasteiger partial charge in [0, 0.05) is 5.56 Å². The molecule has 0 unspecified atom stereocenters. The van der Waals surface area contributed by atoms with Gasteiger partial charge in [-0.05, 0) is 29.8 Å². The van der Waals surface area contributed by atoms with Crippen LogP contribution in [-0.4, -0.2) is 5.84 Å². The summed E-state index contributed by atoms with van der Waals surface area (Å²) in [6, 6.07) is 11.9. The minimum Gasteiger partial charge on any atom is -0.320 e. The van der Waals surface area contributed by atoms with Gasteiger partial charge in [-0.25, -0.2) is 4.39 Å². The Hall–Kier alpha value is -1.87. The Morgan fingerprint density at radius 3 is 2.72 bits per heavy atom. The second-order valence-corrected chi connectivity index (χ2v) is 4.59. The summed E-state index contributed by atoms with van der Waals surface area (Å²) in [5.41, 5.74) is 2.36. The number of hydrogen-bond acceptors (Lipinski definition) is 1. The van der Waals surface area contributed by atoms with Crippen LogP contribution in [-0.2, 0) is 6.54 Å². The van der Waals surface area contributed by atoms with Gasteiger partial charge in [-0.3, -0.25) is 5.41 Å². The summed E-state index contributed by atoms with van der Waals surface area (Å²) in [5.74, 6) is -0.0305. The molecule has 0 saturated carbocycles. The van der Waals surface area contributed by atoms with Gasteiger partial charge in [0.2, 0.25) is 0 Å². The fraction of sp³-hybridized carbons (Fsp3) is 0.0714. The van der Waals surface area contributed by atoms with Crippen LogP contribution < -0.4 is 4.90 Å². The second-order valence-electron chi connectivity index (χ2n) is 4.19. The minimum absolute atomic E-state index is 0.289. The van der Waals surface area contributed by atoms with Gasteiger partial charge in [-0.1, -0.05) is 29.8 Å². The first kappa shape index (κ1) is 11.2. The summed E-state index contributed by atoms with van der Waals surface area (Å²) in [7, 11) is 0. The second kappa shape index (κ2) is 4.10. The van der Waals surface area contributed by atoms with Crippen LogP contribution in [0.1, 0.15) is 11.1 Å². The molecule has 1 aliphatic rings. The lowest BCUT2D eigenvalue weighted by Crippen LogP contribution is -2.23. The molecule has 2 nitrogen and oxygen atoms in total. The van der Waals surface area contributed by atoms with E-state index >= 15 is 0 Å². The average molecular weight is 261 g/mol. The monoisotopic (exact) mass is 260 g/mol. The molecule has 0 bridgehead atoms. The van der Waals surface area contributed by atoms with Crippen molar-refractivity contribution < 1.29 is 4.39 Å². The van der Waals surface area contributed by atoms with E-state index in [0.717, 1.165) is 11.3 Å². The van der Waals surface area contributed by atoms with E-state index in [1.54, 1.807) is 17.0 Å². The van der Waals surface area contributed by atoms with Crippen molar-refractivity contribution in [3.63, 3.8) is 0 Å². The zero-order valence-corrected chi connectivity index (χ0v) is 10.2. The molecule has 0 fully saturated rings. The molecule has 0 aliphatic carbocycles. The molecular formula is C14H10ClFN2. The third kappa shape index (κ3) is 1.68. The van der Waals surface area contributed by atoms with Crippen molar-refractivity contribution in [1.29, 1.82) is 5.41 Å². The van der Waals surface area contributed by atoms with E-state index < -0.39 is 0 Å². The third-order valence-electron chi connectivity index (χ3n) is 3.07. The maximum Gasteiger partial charge on any atom is 0.133 e. The lowest BCUT2D eigenvalue weighted by molar-refractivity contribution is 0.627. The van der Waals surface area contributed by atoms with Crippen molar-refractivity contribution in [2.45, 2.75) is 6.54 Å². The number of amidine groups is 1. The lowest BCUT2D eigenvalue weighted by Gasteiger charge is -2.19. The van der Waals surface area contributed by atoms with Crippen molar-refractivity contribution in [3.05, 3.63) is 64.4 Å². The Labute approximate surface area is 109 Å². The van der Waals surface area contributed by atoms with Crippen molar-refractivity contribution in [3.8, 4) is 0 Å². The maximum absolute atomic E-state index is 13.2. The van der Waals surface area contributed by atoms with Gasteiger partial charge in [-0.15, -0.1) is 0 Å². The van der Waals surface area contributed by atoms with Crippen molar-refractivity contribution >= 4 is 23.1 Å². The van der Waals surface area contributed by atoms with Crippen molar-refractivity contribution in [2.24, 2.45) is 0 Å². The molecule has 1 heterocycles. The highest BCUT2D eigenvalue weighted by Crippen LogP contribution is 2.33. The van der Waals surface area contributed by atoms with E-state index in [1.165, 1.54) is 12.1 Å². The highest BCUT2D eigenvalue weighted by atomic mass is 35.5. The van der Waals surface area contributed by atoms with Gasteiger partial charge in [-0.2, -0.15) is 0 Å². The first-order chi connectivity index (χ1) is 8.66. The SMILES string of the molecule is N=C1c2cc(F)ccc2CN1c1ccccc1Cl. The Kier molecular flexibility index (Phi) is 2.56. The number of fused-ring (bicyclic) bond motifs is 1. The number of nitrogens with one attached hydrogen (secondary N) is 1. The minimum atomic E-state index is -0.320. The van der Waals surface area contributed by atoms with E-state index in [-0.39, 0.29) is 11.7 Å². The summed E-state index contributed by atoms with van der Waals surface area (Å²) >= 11 is 6.13. The van der Waals surface area contributed by atoms with Crippen LogP contribution in [0.25, 0.3) is 0 Å². The van der Waals surface area contributed by atoms with Gasteiger partial charge in [0.15, 0.2) is 0 Å². The van der Waals surface area contributed by atoms with Crippen LogP contribution in [0.3, 0.4) is 0 Å². The van der Waals surface area contributed by atoms with E-state index in [0.29, 0.717) is 17.1 Å². The van der Waals surface area contributed by atoms with E-state index in [4.69, 9.17) is 17.0 Å². The van der Waals surface area contributed by atoms with Crippen LogP contribution in [0.4, 0.5) is 10.1 Å². The largest absolute Gasteiger partial charge is 0.320 e. The predicted octanol–water partition coefficient (Wildman–Crippen LogP) is 3.82. The highest BCUT2D eigenvalue weighted by molar-refractivity contribution is 6.34. The van der Waals surface area contributed by atoms with Crippen LogP contribution >= 0.6 is 11.6 Å². The van der Waals surface area contributed by atoms with E-state index in [1.807, 2.05) is 18.2 Å². The quantitative estimate of drug-likeness (QED) is 0.829. The predicted molar refractivity (Wildman–Crippen MR) is 70.9 cm³/mol. The maximum atomic E-state index is 13.2. The fourth-order valence-corrected chi connectivity index (χ4v) is 2.42. The molecule has 18 heavy (non-hydrogen) atoms. The van der Waals surface area contributed by atoms with Crippen molar-refractivity contribution in [2.75, 3.05) is 4.90 Å². The number of benzene rings is 2. The molecule has 2 aromatic carbocycles. The zero-order chi connectivity index (χ0) is 12.7. The molecule has 1 aliphatic heterocycles. The first-order valence-corrected chi connectivity index (χ1v) is 5.94. The Morgan fingerprint density at radius 2 is 1.94 bits per heavy atom. The Balaban J connectivity index is 2.05. The summed E-state index contributed by atoms with van der Waals surface area (Å²) in [5, 5.41) is 8.71. The molecule has 0 saturated heterocycles. The number of anilines is 1. The fourth-order valence-electron chi connectivity index (χ4n) is 2.18. The molecule has 0 amide bonds. The van der Waals surface area contributed by atoms with Crippen LogP contribution in [0.15, 0.2) is 42.5 Å². The lowest BCUT2D eigenvalue weighted by atomic mass is 10.1. The van der Waals surface area contributed by atoms with Gasteiger partial charge < -0.3 is 4.90 Å². The Morgan fingerprint density at radius 1 is 1.17 bits per heavy atom. The summed E-state index contributed by atoms with van der Waals surface area (Å²) in [4.78, 5) is 1.78. The average Bonchev–Trinajstić information content (AvgIpc) is 2.68. The molecule has 90 valence electrons. The summed E-state index contributed by atoms with van der Waals surface area (Å²) in [6.07, 6.45) is 0. The number of halogens is 2. The van der Waals surface area contributed by atoms with Gasteiger partial charge >= 0.3 is 0 Å². The highest BCUT2D eigenvalue weighted by Gasteiger charge is 2.26. The smallest absolute Gasteiger partial charge is 0.133 e. The number of para-hydroxylation sites is 1. The molecule has 4 heteroatoms. The summed E-state index contributed by atoms with van der Waals surface area (Å²) < 4.78 is 13.2. The molecule has 0 atom stereocenters. The molecular weight excluding hydrogens is 251 g/mol. The zero-order valence-electron chi connectivity index (χ0n) is 9.45. The van der Waals surface area contributed by atoms with Gasteiger partial charge in [0.1, 0.15) is 11.7 Å². The van der Waals surface area contributed by atoms with Crippen molar-refractivity contribution in [1.82, 2.24) is 0 Å². The third-order valence-corrected chi connectivity index (χ3v) is 3.39. The molecule has 0 aromatic heterocycles. The standard InChI is InChI=1S/C14H10ClFN2/c15-12-3-1-2-4-13(12)18-8-9-5-6-10(16)7-11(9)14(18)17/h1-7,17H,8H2. The topological polar surface area (TPSA) is 27.1 Å².